The van der Waals surface area contributed by atoms with Gasteiger partial charge >= 0.3 is 12.0 Å². The molecule has 0 aromatic heterocycles. The third-order valence-electron chi connectivity index (χ3n) is 1.50. The zero-order valence-electron chi connectivity index (χ0n) is 8.16. The van der Waals surface area contributed by atoms with Crippen LogP contribution < -0.4 is 11.1 Å². The van der Waals surface area contributed by atoms with E-state index in [2.05, 4.69) is 5.32 Å². The van der Waals surface area contributed by atoms with Crippen molar-refractivity contribution >= 4 is 12.0 Å². The third kappa shape index (κ3) is 4.35. The summed E-state index contributed by atoms with van der Waals surface area (Å²) in [6.45, 7) is 5.61. The average Bonchev–Trinajstić information content (AvgIpc) is 1.99. The van der Waals surface area contributed by atoms with Crippen LogP contribution in [0.15, 0.2) is 0 Å². The summed E-state index contributed by atoms with van der Waals surface area (Å²) in [7, 11) is 0. The Bertz CT molecular complexity index is 192. The van der Waals surface area contributed by atoms with Crippen molar-refractivity contribution in [2.75, 3.05) is 6.61 Å². The number of esters is 1. The van der Waals surface area contributed by atoms with Crippen LogP contribution in [-0.4, -0.2) is 24.6 Å². The third-order valence-corrected chi connectivity index (χ3v) is 1.50. The number of carbonyl (C=O) groups excluding carboxylic acids is 2. The molecule has 0 bridgehead atoms. The Morgan fingerprint density at radius 2 is 2.00 bits per heavy atom. The van der Waals surface area contributed by atoms with Gasteiger partial charge in [0.25, 0.3) is 0 Å². The lowest BCUT2D eigenvalue weighted by atomic mass is 10.1. The highest BCUT2D eigenvalue weighted by atomic mass is 16.5. The molecule has 5 heteroatoms. The van der Waals surface area contributed by atoms with Gasteiger partial charge in [0.05, 0.1) is 6.61 Å². The molecule has 0 unspecified atom stereocenters. The molecule has 0 heterocycles. The van der Waals surface area contributed by atoms with Crippen molar-refractivity contribution in [3.63, 3.8) is 0 Å². The topological polar surface area (TPSA) is 81.4 Å². The number of carbonyl (C=O) groups is 2. The number of urea groups is 1. The first-order chi connectivity index (χ1) is 5.99. The van der Waals surface area contributed by atoms with E-state index in [4.69, 9.17) is 10.5 Å². The summed E-state index contributed by atoms with van der Waals surface area (Å²) in [6, 6.07) is -1.37. The number of ether oxygens (including phenoxy) is 1. The molecule has 76 valence electrons. The van der Waals surface area contributed by atoms with E-state index in [1.807, 2.05) is 0 Å². The maximum Gasteiger partial charge on any atom is 0.328 e. The van der Waals surface area contributed by atoms with Gasteiger partial charge in [-0.05, 0) is 12.8 Å². The van der Waals surface area contributed by atoms with E-state index >= 15 is 0 Å². The first-order valence-electron chi connectivity index (χ1n) is 4.21. The van der Waals surface area contributed by atoms with Crippen molar-refractivity contribution in [3.05, 3.63) is 0 Å². The largest absolute Gasteiger partial charge is 0.464 e. The SMILES string of the molecule is CCOC(=O)[C@@H](NC(N)=O)C(C)C. The van der Waals surface area contributed by atoms with Crippen LogP contribution >= 0.6 is 0 Å². The smallest absolute Gasteiger partial charge is 0.328 e. The number of primary amides is 1. The fraction of sp³-hybridized carbons (Fsp3) is 0.750. The summed E-state index contributed by atoms with van der Waals surface area (Å²) in [5, 5.41) is 2.33. The van der Waals surface area contributed by atoms with Gasteiger partial charge in [-0.1, -0.05) is 13.8 Å². The molecule has 0 saturated carbocycles. The van der Waals surface area contributed by atoms with Crippen LogP contribution in [0, 0.1) is 5.92 Å². The predicted molar refractivity (Wildman–Crippen MR) is 48.0 cm³/mol. The molecule has 0 aromatic carbocycles. The van der Waals surface area contributed by atoms with E-state index in [-0.39, 0.29) is 5.92 Å². The van der Waals surface area contributed by atoms with Gasteiger partial charge in [0, 0.05) is 0 Å². The van der Waals surface area contributed by atoms with E-state index in [0.717, 1.165) is 0 Å². The van der Waals surface area contributed by atoms with Gasteiger partial charge < -0.3 is 15.8 Å². The summed E-state index contributed by atoms with van der Waals surface area (Å²) in [4.78, 5) is 21.8. The Balaban J connectivity index is 4.24. The number of rotatable bonds is 4. The van der Waals surface area contributed by atoms with Gasteiger partial charge in [-0.25, -0.2) is 9.59 Å². The Labute approximate surface area is 77.6 Å². The van der Waals surface area contributed by atoms with Crippen LogP contribution in [0.1, 0.15) is 20.8 Å². The summed E-state index contributed by atoms with van der Waals surface area (Å²) in [5.74, 6) is -0.483. The van der Waals surface area contributed by atoms with Crippen molar-refractivity contribution in [3.8, 4) is 0 Å². The predicted octanol–water partition coefficient (Wildman–Crippen LogP) is 0.242. The molecule has 0 fully saturated rings. The highest BCUT2D eigenvalue weighted by Crippen LogP contribution is 2.03. The summed E-state index contributed by atoms with van der Waals surface area (Å²) < 4.78 is 4.76. The summed E-state index contributed by atoms with van der Waals surface area (Å²) in [5.41, 5.74) is 4.91. The van der Waals surface area contributed by atoms with Crippen LogP contribution in [0.2, 0.25) is 0 Å². The van der Waals surface area contributed by atoms with Crippen molar-refractivity contribution in [2.24, 2.45) is 11.7 Å². The molecule has 0 saturated heterocycles. The van der Waals surface area contributed by atoms with Crippen LogP contribution in [0.5, 0.6) is 0 Å². The second-order valence-corrected chi connectivity index (χ2v) is 2.98. The van der Waals surface area contributed by atoms with Crippen LogP contribution in [0.4, 0.5) is 4.79 Å². The van der Waals surface area contributed by atoms with Gasteiger partial charge in [-0.2, -0.15) is 0 Å². The maximum absolute atomic E-state index is 11.2. The first kappa shape index (κ1) is 11.7. The fourth-order valence-corrected chi connectivity index (χ4v) is 0.883. The Morgan fingerprint density at radius 1 is 1.46 bits per heavy atom. The molecular formula is C8H16N2O3. The lowest BCUT2D eigenvalue weighted by Gasteiger charge is -2.18. The maximum atomic E-state index is 11.2. The van der Waals surface area contributed by atoms with Gasteiger partial charge in [0.15, 0.2) is 0 Å². The van der Waals surface area contributed by atoms with E-state index in [9.17, 15) is 9.59 Å². The van der Waals surface area contributed by atoms with E-state index < -0.39 is 18.0 Å². The second-order valence-electron chi connectivity index (χ2n) is 2.98. The first-order valence-corrected chi connectivity index (χ1v) is 4.21. The number of nitrogens with two attached hydrogens (primary N) is 1. The molecule has 0 spiro atoms. The molecule has 0 rings (SSSR count). The minimum absolute atomic E-state index is 0.0356. The van der Waals surface area contributed by atoms with Gasteiger partial charge in [0.2, 0.25) is 0 Å². The summed E-state index contributed by atoms with van der Waals surface area (Å²) >= 11 is 0. The van der Waals surface area contributed by atoms with Crippen LogP contribution in [-0.2, 0) is 9.53 Å². The monoisotopic (exact) mass is 188 g/mol. The second kappa shape index (κ2) is 5.40. The zero-order valence-corrected chi connectivity index (χ0v) is 8.16. The lowest BCUT2D eigenvalue weighted by Crippen LogP contribution is -2.47. The van der Waals surface area contributed by atoms with Crippen molar-refractivity contribution < 1.29 is 14.3 Å². The van der Waals surface area contributed by atoms with Gasteiger partial charge in [-0.15, -0.1) is 0 Å². The van der Waals surface area contributed by atoms with Gasteiger partial charge in [0.1, 0.15) is 6.04 Å². The van der Waals surface area contributed by atoms with Crippen LogP contribution in [0.3, 0.4) is 0 Å². The molecule has 3 N–H and O–H groups in total. The number of hydrogen-bond donors (Lipinski definition) is 2. The van der Waals surface area contributed by atoms with E-state index in [1.54, 1.807) is 20.8 Å². The Morgan fingerprint density at radius 3 is 2.31 bits per heavy atom. The van der Waals surface area contributed by atoms with E-state index in [0.29, 0.717) is 6.61 Å². The molecular weight excluding hydrogens is 172 g/mol. The minimum atomic E-state index is -0.716. The number of amides is 2. The average molecular weight is 188 g/mol. The molecule has 0 aromatic rings. The lowest BCUT2D eigenvalue weighted by molar-refractivity contribution is -0.146. The minimum Gasteiger partial charge on any atom is -0.464 e. The number of hydrogen-bond acceptors (Lipinski definition) is 3. The summed E-state index contributed by atoms with van der Waals surface area (Å²) in [6.07, 6.45) is 0. The quantitative estimate of drug-likeness (QED) is 0.620. The Hall–Kier alpha value is -1.26. The molecule has 2 amide bonds. The molecule has 13 heavy (non-hydrogen) atoms. The zero-order chi connectivity index (χ0) is 10.4. The normalized spacial score (nSPS) is 12.3. The van der Waals surface area contributed by atoms with Gasteiger partial charge in [-0.3, -0.25) is 0 Å². The number of nitrogens with one attached hydrogen (secondary N) is 1. The van der Waals surface area contributed by atoms with Crippen molar-refractivity contribution in [1.82, 2.24) is 5.32 Å². The molecule has 0 radical (unpaired) electrons. The van der Waals surface area contributed by atoms with Crippen LogP contribution in [0.25, 0.3) is 0 Å². The molecule has 5 nitrogen and oxygen atoms in total. The van der Waals surface area contributed by atoms with E-state index in [1.165, 1.54) is 0 Å². The molecule has 0 aliphatic carbocycles. The van der Waals surface area contributed by atoms with Crippen molar-refractivity contribution in [2.45, 2.75) is 26.8 Å². The Kier molecular flexibility index (Phi) is 4.87. The molecule has 0 aliphatic heterocycles. The highest BCUT2D eigenvalue weighted by Gasteiger charge is 2.24. The standard InChI is InChI=1S/C8H16N2O3/c1-4-13-7(11)6(5(2)3)10-8(9)12/h5-6H,4H2,1-3H3,(H3,9,10,12)/t6-/m0/s1. The van der Waals surface area contributed by atoms with Crippen molar-refractivity contribution in [1.29, 1.82) is 0 Å². The fourth-order valence-electron chi connectivity index (χ4n) is 0.883. The molecule has 1 atom stereocenters. The molecule has 0 aliphatic rings. The highest BCUT2D eigenvalue weighted by molar-refractivity contribution is 5.82.